The number of ether oxygens (including phenoxy) is 4. The number of thioether (sulfide) groups is 1. The third-order valence-electron chi connectivity index (χ3n) is 19.8. The molecule has 2 saturated heterocycles. The van der Waals surface area contributed by atoms with Crippen LogP contribution in [0.3, 0.4) is 0 Å². The maximum atomic E-state index is 12.8. The van der Waals surface area contributed by atoms with Gasteiger partial charge >= 0.3 is 53.2 Å². The Hall–Kier alpha value is -5.55. The van der Waals surface area contributed by atoms with Gasteiger partial charge in [-0.25, -0.2) is 9.59 Å². The molecule has 8 aliphatic carbocycles. The number of alkyl halides is 4. The second kappa shape index (κ2) is 39.7. The van der Waals surface area contributed by atoms with Crippen molar-refractivity contribution >= 4 is 46.9 Å². The van der Waals surface area contributed by atoms with E-state index in [2.05, 4.69) is 161 Å². The van der Waals surface area contributed by atoms with Crippen molar-refractivity contribution in [3.8, 4) is 0 Å². The third-order valence-corrected chi connectivity index (χ3v) is 22.9. The van der Waals surface area contributed by atoms with Gasteiger partial charge in [0.1, 0.15) is 11.5 Å². The van der Waals surface area contributed by atoms with Crippen LogP contribution in [-0.4, -0.2) is 120 Å². The molecule has 2 heterocycles. The molecule has 4 atom stereocenters. The van der Waals surface area contributed by atoms with Crippen LogP contribution >= 0.6 is 11.8 Å². The van der Waals surface area contributed by atoms with Crippen LogP contribution < -0.4 is 0 Å². The predicted molar refractivity (Wildman–Crippen MR) is 389 cm³/mol. The molecule has 2 aliphatic heterocycles. The molecule has 12 nitrogen and oxygen atoms in total. The molecule has 563 valence electrons. The van der Waals surface area contributed by atoms with Crippen molar-refractivity contribution in [3.63, 3.8) is 0 Å². The number of hydrogen-bond donors (Lipinski definition) is 2. The second-order valence-corrected chi connectivity index (χ2v) is 35.6. The monoisotopic (exact) mass is 1500 g/mol. The summed E-state index contributed by atoms with van der Waals surface area (Å²) in [4.78, 5) is 56.4. The van der Waals surface area contributed by atoms with Crippen LogP contribution in [0, 0.1) is 53.6 Å². The van der Waals surface area contributed by atoms with Gasteiger partial charge in [-0.3, -0.25) is 0 Å². The first-order valence-electron chi connectivity index (χ1n) is 35.2. The van der Waals surface area contributed by atoms with Crippen LogP contribution in [0.1, 0.15) is 188 Å². The van der Waals surface area contributed by atoms with Crippen LogP contribution in [-0.2, 0) is 97.3 Å². The Morgan fingerprint density at radius 2 is 0.784 bits per heavy atom. The van der Waals surface area contributed by atoms with Gasteiger partial charge in [0.25, 0.3) is 0 Å². The van der Waals surface area contributed by atoms with Crippen molar-refractivity contribution in [1.29, 1.82) is 0 Å². The first-order valence-corrected chi connectivity index (χ1v) is 37.9. The number of hydrogen-bond acceptors (Lipinski definition) is 13. The van der Waals surface area contributed by atoms with Crippen molar-refractivity contribution in [1.82, 2.24) is 0 Å². The average molecular weight is 1500 g/mol. The fraction of sp³-hybridized carbons (Fsp3) is 0.578. The Morgan fingerprint density at radius 3 is 1.01 bits per heavy atom. The first-order chi connectivity index (χ1) is 47.2. The van der Waals surface area contributed by atoms with E-state index >= 15 is 0 Å². The van der Waals surface area contributed by atoms with Gasteiger partial charge in [0.2, 0.25) is 0 Å². The summed E-state index contributed by atoms with van der Waals surface area (Å²) in [5.41, 5.74) is 5.24. The second-order valence-electron chi connectivity index (χ2n) is 32.1. The summed E-state index contributed by atoms with van der Waals surface area (Å²) in [6.45, 7) is 31.9. The summed E-state index contributed by atoms with van der Waals surface area (Å²) in [6, 6.07) is 52.1. The Kier molecular flexibility index (Phi) is 34.6. The fourth-order valence-corrected chi connectivity index (χ4v) is 18.2. The average Bonchev–Trinajstić information content (AvgIpc) is 0.737. The van der Waals surface area contributed by atoms with E-state index in [4.69, 9.17) is 38.1 Å². The summed E-state index contributed by atoms with van der Waals surface area (Å²) in [5, 5.41) is 21.0. The number of benzene rings is 5. The fourth-order valence-electron chi connectivity index (χ4n) is 15.7. The number of aliphatic hydroxyl groups is 2. The van der Waals surface area contributed by atoms with Gasteiger partial charge in [0, 0.05) is 58.2 Å². The Labute approximate surface area is 622 Å². The van der Waals surface area contributed by atoms with E-state index in [1.54, 1.807) is 0 Å². The smallest absolute Gasteiger partial charge is 0.461 e. The number of halogens is 4. The summed E-state index contributed by atoms with van der Waals surface area (Å²) < 4.78 is 71.4. The summed E-state index contributed by atoms with van der Waals surface area (Å²) >= 11 is 1.97. The summed E-state index contributed by atoms with van der Waals surface area (Å²) in [6.07, 6.45) is 10.8. The molecule has 10 fully saturated rings. The quantitative estimate of drug-likeness (QED) is 0.0468. The molecule has 8 bridgehead atoms. The SMILES string of the molecule is C1CSCCO1.CC(C)(C)c1ccc([S+]2CCOCC2)cc1.CC(F)(F)C(=O)OCC12CC3CC(CC(O)(C3)C1)C2.CC(F)(F)C(=O)OCC12CC3CC(CC(O)(C3)C1)C2.O=C=O.O=C=O.[CH2+]C(C)(c1ccc(C(C)(C)C)cc1)c1ccc(C(C)(C)C)cc1.[Cu+2].[c-]1ccccc1.[c-]1ccccc1. The van der Waals surface area contributed by atoms with Gasteiger partial charge in [-0.1, -0.05) is 123 Å². The normalized spacial score (nSPS) is 25.0. The molecule has 102 heavy (non-hydrogen) atoms. The van der Waals surface area contributed by atoms with Gasteiger partial charge in [-0.05, 0) is 153 Å². The molecule has 5 aromatic rings. The first kappa shape index (κ1) is 88.8. The van der Waals surface area contributed by atoms with E-state index in [1.165, 1.54) is 55.7 Å². The molecule has 15 rings (SSSR count). The summed E-state index contributed by atoms with van der Waals surface area (Å²) in [7, 11) is 0.432. The van der Waals surface area contributed by atoms with Crippen molar-refractivity contribution in [2.24, 2.45) is 34.5 Å². The van der Waals surface area contributed by atoms with E-state index < -0.39 is 35.0 Å². The van der Waals surface area contributed by atoms with Crippen LogP contribution in [0.4, 0.5) is 17.6 Å². The molecule has 0 spiro atoms. The largest absolute Gasteiger partial charge is 2.00 e. The molecule has 0 amide bonds. The predicted octanol–water partition coefficient (Wildman–Crippen LogP) is 17.0. The van der Waals surface area contributed by atoms with Crippen molar-refractivity contribution in [2.45, 2.75) is 210 Å². The van der Waals surface area contributed by atoms with E-state index in [1.807, 2.05) is 72.4 Å². The van der Waals surface area contributed by atoms with Gasteiger partial charge in [0.05, 0.1) is 57.8 Å². The maximum absolute atomic E-state index is 12.8. The molecular formula is C83H110CuF4O12S2+2. The van der Waals surface area contributed by atoms with E-state index in [-0.39, 0.29) is 75.1 Å². The van der Waals surface area contributed by atoms with Crippen molar-refractivity contribution in [2.75, 3.05) is 62.7 Å². The van der Waals surface area contributed by atoms with Crippen molar-refractivity contribution in [3.05, 3.63) is 180 Å². The zero-order valence-electron chi connectivity index (χ0n) is 61.9. The zero-order valence-corrected chi connectivity index (χ0v) is 64.5. The molecule has 0 aromatic heterocycles. The molecule has 4 unspecified atom stereocenters. The third kappa shape index (κ3) is 29.1. The molecule has 5 aromatic carbocycles. The van der Waals surface area contributed by atoms with Crippen LogP contribution in [0.2, 0.25) is 0 Å². The van der Waals surface area contributed by atoms with Gasteiger partial charge in [0.15, 0.2) is 10.3 Å². The number of rotatable bonds is 9. The minimum Gasteiger partial charge on any atom is -0.461 e. The molecular weight excluding hydrogens is 1390 g/mol. The van der Waals surface area contributed by atoms with Crippen LogP contribution in [0.25, 0.3) is 0 Å². The topological polar surface area (TPSA) is 180 Å². The van der Waals surface area contributed by atoms with Gasteiger partial charge in [-0.2, -0.15) is 121 Å². The Balaban J connectivity index is 0.000000259. The van der Waals surface area contributed by atoms with E-state index in [0.29, 0.717) is 61.3 Å². The maximum Gasteiger partial charge on any atom is 2.00 e. The summed E-state index contributed by atoms with van der Waals surface area (Å²) in [5.74, 6) is -3.11. The van der Waals surface area contributed by atoms with Crippen molar-refractivity contribution < 1.29 is 92.6 Å². The zero-order chi connectivity index (χ0) is 75.0. The van der Waals surface area contributed by atoms with E-state index in [0.717, 1.165) is 90.6 Å². The Morgan fingerprint density at radius 1 is 0.500 bits per heavy atom. The minimum atomic E-state index is -3.43. The van der Waals surface area contributed by atoms with Gasteiger partial charge < -0.3 is 29.2 Å². The molecule has 2 N–H and O–H groups in total. The van der Waals surface area contributed by atoms with E-state index in [9.17, 15) is 37.4 Å². The molecule has 8 saturated carbocycles. The standard InChI is InChI=1S/C23H31.2C14H20F2O3.C14H21OS.2C6H5.C4H8OS.2CO2.Cu/c1-21(2,3)17-9-13-19(14-10-17)23(7,8)20-15-11-18(12-16-20)22(4,5)6;2*1-12(15,16)11(17)19-8-13-3-9-2-10(4-13)6-14(18,5-9)7-13;1-14(2,3)12-4-6-13(7-5-12)16-10-8-15-9-11-16;2*1-2-4-6-5-3-1;1-3-6-4-2-5-1;2*2-1-3;/h9-16H,7H2,1-6,8H3;2*9-10,18H,2-8H2,1H3;4-7H,8-11H2,1-3H3;2*1-5H;1-4H2;;;/q+1;;;+1;2*-1;;;;+2. The van der Waals surface area contributed by atoms with Crippen LogP contribution in [0.15, 0.2) is 138 Å². The number of esters is 2. The number of carbonyl (C=O) groups is 2. The van der Waals surface area contributed by atoms with Gasteiger partial charge in [-0.15, -0.1) is 0 Å². The number of carbonyl (C=O) groups excluding carboxylic acids is 6. The molecule has 10 aliphatic rings. The Bertz CT molecular complexity index is 3050. The molecule has 19 heteroatoms. The molecule has 1 radical (unpaired) electrons. The minimum absolute atomic E-state index is 0. The van der Waals surface area contributed by atoms with Crippen LogP contribution in [0.5, 0.6) is 0 Å².